The molecule has 0 saturated carbocycles. The number of halogens is 1. The molecule has 94 valence electrons. The first-order chi connectivity index (χ1) is 8.61. The van der Waals surface area contributed by atoms with E-state index in [2.05, 4.69) is 21.2 Å². The van der Waals surface area contributed by atoms with E-state index < -0.39 is 0 Å². The van der Waals surface area contributed by atoms with Gasteiger partial charge in [0.2, 0.25) is 0 Å². The van der Waals surface area contributed by atoms with Crippen LogP contribution in [0.5, 0.6) is 5.75 Å². The van der Waals surface area contributed by atoms with Crippen LogP contribution in [0.4, 0.5) is 11.4 Å². The van der Waals surface area contributed by atoms with Crippen molar-refractivity contribution < 1.29 is 9.53 Å². The minimum atomic E-state index is -0.196. The lowest BCUT2D eigenvalue weighted by Crippen LogP contribution is -2.11. The van der Waals surface area contributed by atoms with Crippen molar-refractivity contribution in [2.24, 2.45) is 0 Å². The molecule has 0 fully saturated rings. The van der Waals surface area contributed by atoms with E-state index in [0.717, 1.165) is 4.47 Å². The highest BCUT2D eigenvalue weighted by Crippen LogP contribution is 2.27. The lowest BCUT2D eigenvalue weighted by molar-refractivity contribution is 0.102. The van der Waals surface area contributed by atoms with Gasteiger partial charge in [-0.2, -0.15) is 0 Å². The Morgan fingerprint density at radius 2 is 2.22 bits per heavy atom. The third-order valence-corrected chi connectivity index (χ3v) is 3.89. The number of nitrogens with one attached hydrogen (secondary N) is 1. The smallest absolute Gasteiger partial charge is 0.269 e. The number of hydrogen-bond acceptors (Lipinski definition) is 4. The molecular weight excluding hydrogens is 316 g/mol. The molecule has 1 aromatic carbocycles. The van der Waals surface area contributed by atoms with Crippen LogP contribution in [0.1, 0.15) is 9.67 Å². The maximum absolute atomic E-state index is 12.0. The van der Waals surface area contributed by atoms with Gasteiger partial charge >= 0.3 is 0 Å². The van der Waals surface area contributed by atoms with E-state index in [9.17, 15) is 4.79 Å². The van der Waals surface area contributed by atoms with E-state index in [-0.39, 0.29) is 5.91 Å². The molecular formula is C12H11BrN2O2S. The van der Waals surface area contributed by atoms with Crippen molar-refractivity contribution in [2.75, 3.05) is 18.2 Å². The Balaban J connectivity index is 2.19. The van der Waals surface area contributed by atoms with Gasteiger partial charge in [0.25, 0.3) is 5.91 Å². The zero-order valence-electron chi connectivity index (χ0n) is 9.57. The lowest BCUT2D eigenvalue weighted by atomic mass is 10.3. The number of nitrogen functional groups attached to an aromatic ring is 1. The molecule has 0 aliphatic rings. The normalized spacial score (nSPS) is 10.1. The van der Waals surface area contributed by atoms with E-state index in [0.29, 0.717) is 22.0 Å². The number of hydrogen-bond donors (Lipinski definition) is 2. The Labute approximate surface area is 117 Å². The summed E-state index contributed by atoms with van der Waals surface area (Å²) in [6.07, 6.45) is 0. The maximum atomic E-state index is 12.0. The van der Waals surface area contributed by atoms with Gasteiger partial charge in [-0.25, -0.2) is 0 Å². The molecule has 3 N–H and O–H groups in total. The van der Waals surface area contributed by atoms with Crippen molar-refractivity contribution in [1.82, 2.24) is 0 Å². The molecule has 1 amide bonds. The number of methoxy groups -OCH3 is 1. The van der Waals surface area contributed by atoms with Crippen molar-refractivity contribution in [2.45, 2.75) is 0 Å². The van der Waals surface area contributed by atoms with Gasteiger partial charge in [0.1, 0.15) is 10.6 Å². The predicted octanol–water partition coefficient (Wildman–Crippen LogP) is 3.35. The number of benzene rings is 1. The number of thiophene rings is 1. The highest BCUT2D eigenvalue weighted by Gasteiger charge is 2.14. The zero-order chi connectivity index (χ0) is 13.1. The molecule has 0 atom stereocenters. The third kappa shape index (κ3) is 2.65. The number of carbonyl (C=O) groups is 1. The van der Waals surface area contributed by atoms with E-state index >= 15 is 0 Å². The molecule has 0 unspecified atom stereocenters. The van der Waals surface area contributed by atoms with Gasteiger partial charge in [0.05, 0.1) is 7.11 Å². The Morgan fingerprint density at radius 3 is 2.89 bits per heavy atom. The Kier molecular flexibility index (Phi) is 3.88. The van der Waals surface area contributed by atoms with Crippen LogP contribution < -0.4 is 15.8 Å². The highest BCUT2D eigenvalue weighted by atomic mass is 79.9. The second kappa shape index (κ2) is 5.41. The molecule has 0 radical (unpaired) electrons. The van der Waals surface area contributed by atoms with E-state index in [1.807, 2.05) is 5.38 Å². The summed E-state index contributed by atoms with van der Waals surface area (Å²) < 4.78 is 5.86. The fourth-order valence-electron chi connectivity index (χ4n) is 1.42. The van der Waals surface area contributed by atoms with Crippen LogP contribution in [0.3, 0.4) is 0 Å². The molecule has 4 nitrogen and oxygen atoms in total. The van der Waals surface area contributed by atoms with Crippen LogP contribution in [0.15, 0.2) is 34.1 Å². The molecule has 6 heteroatoms. The fraction of sp³-hybridized carbons (Fsp3) is 0.0833. The van der Waals surface area contributed by atoms with Crippen molar-refractivity contribution >= 4 is 44.5 Å². The first-order valence-electron chi connectivity index (χ1n) is 5.09. The highest BCUT2D eigenvalue weighted by molar-refractivity contribution is 9.10. The minimum Gasteiger partial charge on any atom is -0.495 e. The van der Waals surface area contributed by atoms with E-state index in [1.54, 1.807) is 31.4 Å². The molecule has 0 bridgehead atoms. The van der Waals surface area contributed by atoms with Gasteiger partial charge in [0, 0.05) is 15.8 Å². The SMILES string of the molecule is COc1ccsc1C(=O)Nc1ccc(N)c(Br)c1. The van der Waals surface area contributed by atoms with Crippen LogP contribution in [0.2, 0.25) is 0 Å². The second-order valence-electron chi connectivity index (χ2n) is 3.51. The van der Waals surface area contributed by atoms with E-state index in [4.69, 9.17) is 10.5 Å². The number of anilines is 2. The summed E-state index contributed by atoms with van der Waals surface area (Å²) in [6, 6.07) is 7.00. The topological polar surface area (TPSA) is 64.3 Å². The van der Waals surface area contributed by atoms with Crippen molar-refractivity contribution in [1.29, 1.82) is 0 Å². The zero-order valence-corrected chi connectivity index (χ0v) is 12.0. The molecule has 2 rings (SSSR count). The maximum Gasteiger partial charge on any atom is 0.269 e. The molecule has 0 saturated heterocycles. The fourth-order valence-corrected chi connectivity index (χ4v) is 2.55. The second-order valence-corrected chi connectivity index (χ2v) is 5.28. The standard InChI is InChI=1S/C12H11BrN2O2S/c1-17-10-4-5-18-11(10)12(16)15-7-2-3-9(14)8(13)6-7/h2-6H,14H2,1H3,(H,15,16). The van der Waals surface area contributed by atoms with Gasteiger partial charge in [-0.1, -0.05) is 0 Å². The lowest BCUT2D eigenvalue weighted by Gasteiger charge is -2.07. The molecule has 0 spiro atoms. The quantitative estimate of drug-likeness (QED) is 0.850. The van der Waals surface area contributed by atoms with Crippen LogP contribution in [0, 0.1) is 0 Å². The number of carbonyl (C=O) groups excluding carboxylic acids is 1. The number of ether oxygens (including phenoxy) is 1. The largest absolute Gasteiger partial charge is 0.495 e. The average Bonchev–Trinajstić information content (AvgIpc) is 2.82. The summed E-state index contributed by atoms with van der Waals surface area (Å²) >= 11 is 4.65. The van der Waals surface area contributed by atoms with Crippen molar-refractivity contribution in [3.05, 3.63) is 39.0 Å². The van der Waals surface area contributed by atoms with Crippen molar-refractivity contribution in [3.8, 4) is 5.75 Å². The first kappa shape index (κ1) is 12.9. The average molecular weight is 327 g/mol. The molecule has 1 heterocycles. The van der Waals surface area contributed by atoms with Crippen LogP contribution >= 0.6 is 27.3 Å². The monoisotopic (exact) mass is 326 g/mol. The number of nitrogens with two attached hydrogens (primary N) is 1. The van der Waals surface area contributed by atoms with Crippen LogP contribution in [-0.2, 0) is 0 Å². The van der Waals surface area contributed by atoms with Crippen LogP contribution in [-0.4, -0.2) is 13.0 Å². The summed E-state index contributed by atoms with van der Waals surface area (Å²) in [5, 5.41) is 4.61. The summed E-state index contributed by atoms with van der Waals surface area (Å²) in [6.45, 7) is 0. The Hall–Kier alpha value is -1.53. The molecule has 1 aromatic heterocycles. The van der Waals surface area contributed by atoms with Crippen molar-refractivity contribution in [3.63, 3.8) is 0 Å². The third-order valence-electron chi connectivity index (χ3n) is 2.31. The molecule has 0 aliphatic carbocycles. The number of amides is 1. The Bertz CT molecular complexity index is 583. The summed E-state index contributed by atoms with van der Waals surface area (Å²) in [5.41, 5.74) is 6.99. The van der Waals surface area contributed by atoms with Gasteiger partial charge in [-0.15, -0.1) is 11.3 Å². The number of rotatable bonds is 3. The van der Waals surface area contributed by atoms with Gasteiger partial charge < -0.3 is 15.8 Å². The van der Waals surface area contributed by atoms with E-state index in [1.165, 1.54) is 11.3 Å². The molecule has 0 aliphatic heterocycles. The van der Waals surface area contributed by atoms with Crippen LogP contribution in [0.25, 0.3) is 0 Å². The predicted molar refractivity (Wildman–Crippen MR) is 77.4 cm³/mol. The Morgan fingerprint density at radius 1 is 1.44 bits per heavy atom. The summed E-state index contributed by atoms with van der Waals surface area (Å²) in [7, 11) is 1.54. The molecule has 18 heavy (non-hydrogen) atoms. The summed E-state index contributed by atoms with van der Waals surface area (Å²) in [4.78, 5) is 12.6. The van der Waals surface area contributed by atoms with Gasteiger partial charge in [-0.05, 0) is 45.6 Å². The van der Waals surface area contributed by atoms with Gasteiger partial charge in [0.15, 0.2) is 0 Å². The first-order valence-corrected chi connectivity index (χ1v) is 6.77. The summed E-state index contributed by atoms with van der Waals surface area (Å²) in [5.74, 6) is 0.380. The van der Waals surface area contributed by atoms with Gasteiger partial charge in [-0.3, -0.25) is 4.79 Å². The molecule has 2 aromatic rings. The minimum absolute atomic E-state index is 0.196.